The summed E-state index contributed by atoms with van der Waals surface area (Å²) in [6.45, 7) is 0. The van der Waals surface area contributed by atoms with Gasteiger partial charge in [-0.25, -0.2) is 14.1 Å². The van der Waals surface area contributed by atoms with E-state index in [0.29, 0.717) is 23.0 Å². The maximum absolute atomic E-state index is 15.1. The van der Waals surface area contributed by atoms with Crippen molar-refractivity contribution < 1.29 is 9.50 Å². The summed E-state index contributed by atoms with van der Waals surface area (Å²) in [5, 5.41) is 35.4. The molecule has 2 aliphatic rings. The molecule has 0 spiro atoms. The van der Waals surface area contributed by atoms with E-state index in [4.69, 9.17) is 5.26 Å². The van der Waals surface area contributed by atoms with Crippen LogP contribution in [0, 0.1) is 23.2 Å². The third-order valence-corrected chi connectivity index (χ3v) is 6.72. The lowest BCUT2D eigenvalue weighted by molar-refractivity contribution is 0.0656. The Morgan fingerprint density at radius 2 is 2.09 bits per heavy atom. The van der Waals surface area contributed by atoms with Crippen molar-refractivity contribution in [3.8, 4) is 28.9 Å². The molecular weight excluding hydrogens is 411 g/mol. The van der Waals surface area contributed by atoms with E-state index >= 15 is 4.39 Å². The molecule has 0 unspecified atom stereocenters. The van der Waals surface area contributed by atoms with Gasteiger partial charge in [0.1, 0.15) is 18.0 Å². The number of rotatable bonds is 4. The minimum atomic E-state index is -0.868. The quantitative estimate of drug-likeness (QED) is 0.666. The molecule has 2 fully saturated rings. The van der Waals surface area contributed by atoms with Crippen molar-refractivity contribution in [3.05, 3.63) is 36.3 Å². The van der Waals surface area contributed by atoms with Gasteiger partial charge in [-0.15, -0.1) is 15.3 Å². The fraction of sp³-hybridized carbons (Fsp3) is 0.455. The number of hydrogen-bond acceptors (Lipinski definition) is 8. The molecule has 164 valence electrons. The van der Waals surface area contributed by atoms with Gasteiger partial charge in [-0.1, -0.05) is 18.1 Å². The Kier molecular flexibility index (Phi) is 5.17. The molecule has 3 aromatic rings. The third-order valence-electron chi connectivity index (χ3n) is 6.72. The van der Waals surface area contributed by atoms with Crippen molar-refractivity contribution in [3.63, 3.8) is 0 Å². The number of nitrogens with zero attached hydrogens (tertiary/aromatic N) is 8. The molecule has 0 aliphatic heterocycles. The molecule has 2 saturated carbocycles. The summed E-state index contributed by atoms with van der Waals surface area (Å²) in [6, 6.07) is 6.55. The van der Waals surface area contributed by atoms with Crippen molar-refractivity contribution in [2.75, 3.05) is 11.9 Å². The minimum absolute atomic E-state index is 0.0525. The molecule has 10 heteroatoms. The summed E-state index contributed by atoms with van der Waals surface area (Å²) in [4.78, 5) is 6.23. The smallest absolute Gasteiger partial charge is 0.185 e. The standard InChI is InChI=1S/C22H23FN8O/c1-30(18-8-13-3-2-4-14(7-13)21(18)23)20-11-25-22(28-27-20)17-6-5-16(9-19(17)32)31-12-15(10-24)26-29-31/h5-6,9,11-14,18,21,32H,2-4,7-8H2,1H3/t13-,14+,18+,21-/m0/s1. The summed E-state index contributed by atoms with van der Waals surface area (Å²) in [5.74, 6) is 1.45. The van der Waals surface area contributed by atoms with Crippen LogP contribution in [0.5, 0.6) is 5.75 Å². The lowest BCUT2D eigenvalue weighted by atomic mass is 9.69. The van der Waals surface area contributed by atoms with Crippen LogP contribution in [0.2, 0.25) is 0 Å². The lowest BCUT2D eigenvalue weighted by Gasteiger charge is -2.45. The van der Waals surface area contributed by atoms with Crippen LogP contribution in [0.15, 0.2) is 30.6 Å². The van der Waals surface area contributed by atoms with Crippen LogP contribution in [-0.4, -0.2) is 54.5 Å². The van der Waals surface area contributed by atoms with Gasteiger partial charge in [0.25, 0.3) is 0 Å². The van der Waals surface area contributed by atoms with Gasteiger partial charge in [0.15, 0.2) is 17.3 Å². The van der Waals surface area contributed by atoms with Gasteiger partial charge in [0, 0.05) is 13.1 Å². The number of halogens is 1. The van der Waals surface area contributed by atoms with Gasteiger partial charge in [-0.2, -0.15) is 5.26 Å². The van der Waals surface area contributed by atoms with Gasteiger partial charge in [0.05, 0.1) is 29.7 Å². The monoisotopic (exact) mass is 434 g/mol. The molecule has 2 aliphatic carbocycles. The van der Waals surface area contributed by atoms with E-state index in [1.807, 2.05) is 18.0 Å². The van der Waals surface area contributed by atoms with Crippen LogP contribution in [0.4, 0.5) is 10.2 Å². The molecule has 9 nitrogen and oxygen atoms in total. The average Bonchev–Trinajstić information content (AvgIpc) is 3.31. The summed E-state index contributed by atoms with van der Waals surface area (Å²) < 4.78 is 16.5. The van der Waals surface area contributed by atoms with Gasteiger partial charge >= 0.3 is 0 Å². The van der Waals surface area contributed by atoms with E-state index in [9.17, 15) is 5.11 Å². The number of nitriles is 1. The van der Waals surface area contributed by atoms with Crippen molar-refractivity contribution in [1.29, 1.82) is 5.26 Å². The zero-order chi connectivity index (χ0) is 22.2. The first-order chi connectivity index (χ1) is 15.5. The molecule has 4 atom stereocenters. The SMILES string of the molecule is CN(c1cnc(-c2ccc(-n3cc(C#N)nn3)cc2O)nn1)[C@@H]1C[C@H]2CCC[C@H](C2)[C@@H]1F. The number of benzene rings is 1. The van der Waals surface area contributed by atoms with Crippen LogP contribution in [0.25, 0.3) is 17.1 Å². The third kappa shape index (κ3) is 3.64. The summed E-state index contributed by atoms with van der Waals surface area (Å²) in [7, 11) is 1.85. The molecule has 2 bridgehead atoms. The Labute approximate surface area is 184 Å². The first-order valence-electron chi connectivity index (χ1n) is 10.8. The Bertz CT molecular complexity index is 1160. The Morgan fingerprint density at radius 3 is 2.81 bits per heavy atom. The molecule has 0 radical (unpaired) electrons. The molecule has 0 amide bonds. The van der Waals surface area contributed by atoms with E-state index in [1.165, 1.54) is 23.4 Å². The first-order valence-corrected chi connectivity index (χ1v) is 10.8. The molecule has 0 saturated heterocycles. The second kappa shape index (κ2) is 8.15. The predicted octanol–water partition coefficient (Wildman–Crippen LogP) is 3.05. The number of fused-ring (bicyclic) bond motifs is 2. The molecule has 2 heterocycles. The van der Waals surface area contributed by atoms with E-state index in [-0.39, 0.29) is 29.2 Å². The van der Waals surface area contributed by atoms with E-state index in [0.717, 1.165) is 25.7 Å². The van der Waals surface area contributed by atoms with Crippen molar-refractivity contribution in [1.82, 2.24) is 30.2 Å². The van der Waals surface area contributed by atoms with Crippen LogP contribution in [0.1, 0.15) is 37.8 Å². The second-order valence-electron chi connectivity index (χ2n) is 8.65. The topological polar surface area (TPSA) is 117 Å². The number of alkyl halides is 1. The summed E-state index contributed by atoms with van der Waals surface area (Å²) >= 11 is 0. The highest BCUT2D eigenvalue weighted by Crippen LogP contribution is 2.43. The van der Waals surface area contributed by atoms with E-state index in [1.54, 1.807) is 18.3 Å². The Morgan fingerprint density at radius 1 is 1.22 bits per heavy atom. The van der Waals surface area contributed by atoms with E-state index in [2.05, 4.69) is 25.5 Å². The van der Waals surface area contributed by atoms with Gasteiger partial charge in [0.2, 0.25) is 0 Å². The fourth-order valence-corrected chi connectivity index (χ4v) is 5.01. The maximum atomic E-state index is 15.1. The minimum Gasteiger partial charge on any atom is -0.507 e. The molecule has 2 aromatic heterocycles. The molecular formula is C22H23FN8O. The maximum Gasteiger partial charge on any atom is 0.185 e. The largest absolute Gasteiger partial charge is 0.507 e. The average molecular weight is 434 g/mol. The lowest BCUT2D eigenvalue weighted by Crippen LogP contribution is -2.49. The van der Waals surface area contributed by atoms with Crippen molar-refractivity contribution >= 4 is 5.82 Å². The summed E-state index contributed by atoms with van der Waals surface area (Å²) in [6.07, 6.45) is 7.27. The van der Waals surface area contributed by atoms with Crippen molar-refractivity contribution in [2.24, 2.45) is 11.8 Å². The molecule has 1 N–H and O–H groups in total. The highest BCUT2D eigenvalue weighted by atomic mass is 19.1. The predicted molar refractivity (Wildman–Crippen MR) is 114 cm³/mol. The molecule has 32 heavy (non-hydrogen) atoms. The molecule has 5 rings (SSSR count). The van der Waals surface area contributed by atoms with Crippen molar-refractivity contribution in [2.45, 2.75) is 44.3 Å². The Balaban J connectivity index is 1.35. The van der Waals surface area contributed by atoms with Crippen LogP contribution < -0.4 is 4.90 Å². The number of aromatic nitrogens is 6. The second-order valence-corrected chi connectivity index (χ2v) is 8.65. The zero-order valence-electron chi connectivity index (χ0n) is 17.6. The van der Waals surface area contributed by atoms with Gasteiger partial charge in [-0.05, 0) is 43.2 Å². The van der Waals surface area contributed by atoms with Crippen LogP contribution in [0.3, 0.4) is 0 Å². The summed E-state index contributed by atoms with van der Waals surface area (Å²) in [5.41, 5.74) is 1.13. The van der Waals surface area contributed by atoms with Crippen LogP contribution in [-0.2, 0) is 0 Å². The number of hydrogen-bond donors (Lipinski definition) is 1. The van der Waals surface area contributed by atoms with Gasteiger partial charge < -0.3 is 10.0 Å². The molecule has 1 aromatic carbocycles. The van der Waals surface area contributed by atoms with E-state index < -0.39 is 6.17 Å². The number of aromatic hydroxyl groups is 1. The number of phenols is 1. The Hall–Kier alpha value is -3.61. The zero-order valence-corrected chi connectivity index (χ0v) is 17.6. The normalized spacial score (nSPS) is 24.7. The highest BCUT2D eigenvalue weighted by Gasteiger charge is 2.42. The van der Waals surface area contributed by atoms with Gasteiger partial charge in [-0.3, -0.25) is 0 Å². The number of anilines is 1. The first kappa shape index (κ1) is 20.3. The fourth-order valence-electron chi connectivity index (χ4n) is 5.01. The van der Waals surface area contributed by atoms with Crippen LogP contribution >= 0.6 is 0 Å². The highest BCUT2D eigenvalue weighted by molar-refractivity contribution is 5.66. The number of phenolic OH excluding ortho intramolecular Hbond substituents is 1.